The molecule has 5 nitrogen and oxygen atoms in total. The van der Waals surface area contributed by atoms with E-state index in [2.05, 4.69) is 37.6 Å². The molecule has 2 N–H and O–H groups in total. The zero-order valence-electron chi connectivity index (χ0n) is 9.96. The first-order chi connectivity index (χ1) is 8.88. The number of benzene rings is 1. The largest absolute Gasteiger partial charge is 0.307 e. The molecule has 0 fully saturated rings. The smallest absolute Gasteiger partial charge is 0.146 e. The molecule has 2 heterocycles. The lowest BCUT2D eigenvalue weighted by molar-refractivity contribution is 0.648. The third-order valence-electron chi connectivity index (χ3n) is 2.94. The highest BCUT2D eigenvalue weighted by atomic mass is 15.2. The van der Waals surface area contributed by atoms with E-state index in [0.29, 0.717) is 0 Å². The summed E-state index contributed by atoms with van der Waals surface area (Å²) in [6.07, 6.45) is 3.38. The summed E-state index contributed by atoms with van der Waals surface area (Å²) in [4.78, 5) is 8.64. The van der Waals surface area contributed by atoms with Crippen molar-refractivity contribution in [3.63, 3.8) is 0 Å². The number of rotatable bonds is 3. The zero-order chi connectivity index (χ0) is 12.4. The maximum absolute atomic E-state index is 4.46. The van der Waals surface area contributed by atoms with Crippen LogP contribution in [0.4, 0.5) is 0 Å². The van der Waals surface area contributed by atoms with Gasteiger partial charge in [-0.05, 0) is 24.7 Å². The minimum absolute atomic E-state index is 0.0235. The molecule has 0 spiro atoms. The van der Waals surface area contributed by atoms with Crippen molar-refractivity contribution >= 4 is 10.9 Å². The fourth-order valence-electron chi connectivity index (χ4n) is 2.06. The Balaban J connectivity index is 2.07. The first-order valence-electron chi connectivity index (χ1n) is 5.75. The van der Waals surface area contributed by atoms with Crippen LogP contribution >= 0.6 is 0 Å². The van der Waals surface area contributed by atoms with Gasteiger partial charge in [0.05, 0.1) is 11.6 Å². The van der Waals surface area contributed by atoms with Crippen LogP contribution in [0.2, 0.25) is 0 Å². The maximum Gasteiger partial charge on any atom is 0.146 e. The lowest BCUT2D eigenvalue weighted by Crippen LogP contribution is -2.19. The van der Waals surface area contributed by atoms with Gasteiger partial charge in [-0.2, -0.15) is 5.10 Å². The molecule has 3 aromatic rings. The summed E-state index contributed by atoms with van der Waals surface area (Å²) in [6, 6.07) is 10.1. The highest BCUT2D eigenvalue weighted by Gasteiger charge is 2.15. The van der Waals surface area contributed by atoms with Crippen LogP contribution in [0, 0.1) is 0 Å². The van der Waals surface area contributed by atoms with Gasteiger partial charge in [0.2, 0.25) is 0 Å². The van der Waals surface area contributed by atoms with E-state index in [1.54, 1.807) is 0 Å². The fraction of sp³-hybridized carbons (Fsp3) is 0.154. The van der Waals surface area contributed by atoms with Crippen molar-refractivity contribution in [1.82, 2.24) is 25.5 Å². The van der Waals surface area contributed by atoms with Crippen molar-refractivity contribution in [2.24, 2.45) is 0 Å². The van der Waals surface area contributed by atoms with Gasteiger partial charge >= 0.3 is 0 Å². The van der Waals surface area contributed by atoms with Gasteiger partial charge in [0.15, 0.2) is 0 Å². The summed E-state index contributed by atoms with van der Waals surface area (Å²) in [7, 11) is 1.89. The molecule has 0 saturated carbocycles. The molecule has 0 saturated heterocycles. The van der Waals surface area contributed by atoms with E-state index >= 15 is 0 Å². The van der Waals surface area contributed by atoms with Crippen LogP contribution in [0.25, 0.3) is 10.9 Å². The van der Waals surface area contributed by atoms with Crippen LogP contribution in [-0.4, -0.2) is 27.2 Å². The highest BCUT2D eigenvalue weighted by molar-refractivity contribution is 5.78. The Bertz CT molecular complexity index is 647. The predicted molar refractivity (Wildman–Crippen MR) is 69.0 cm³/mol. The van der Waals surface area contributed by atoms with Crippen molar-refractivity contribution in [2.75, 3.05) is 7.05 Å². The monoisotopic (exact) mass is 239 g/mol. The topological polar surface area (TPSA) is 66.5 Å². The molecule has 1 unspecified atom stereocenters. The lowest BCUT2D eigenvalue weighted by Gasteiger charge is -2.13. The number of fused-ring (bicyclic) bond motifs is 1. The number of hydrogen-bond donors (Lipinski definition) is 2. The van der Waals surface area contributed by atoms with Gasteiger partial charge in [0, 0.05) is 11.6 Å². The molecule has 0 radical (unpaired) electrons. The Morgan fingerprint density at radius 1 is 1.22 bits per heavy atom. The number of H-pyrrole nitrogens is 1. The second-order valence-electron chi connectivity index (χ2n) is 4.05. The molecule has 0 amide bonds. The number of hydrogen-bond acceptors (Lipinski definition) is 4. The Morgan fingerprint density at radius 3 is 2.89 bits per heavy atom. The van der Waals surface area contributed by atoms with Crippen LogP contribution in [0.15, 0.2) is 42.9 Å². The Hall–Kier alpha value is -2.27. The normalized spacial score (nSPS) is 12.7. The average Bonchev–Trinajstić information content (AvgIpc) is 2.93. The van der Waals surface area contributed by atoms with Crippen LogP contribution in [0.3, 0.4) is 0 Å². The third kappa shape index (κ3) is 1.84. The first kappa shape index (κ1) is 10.9. The van der Waals surface area contributed by atoms with Gasteiger partial charge in [-0.15, -0.1) is 0 Å². The molecule has 3 rings (SSSR count). The summed E-state index contributed by atoms with van der Waals surface area (Å²) < 4.78 is 0. The van der Waals surface area contributed by atoms with Gasteiger partial charge in [0.1, 0.15) is 12.2 Å². The van der Waals surface area contributed by atoms with Crippen LogP contribution in [0.5, 0.6) is 0 Å². The van der Waals surface area contributed by atoms with Crippen molar-refractivity contribution in [1.29, 1.82) is 0 Å². The molecule has 5 heteroatoms. The number of aromatic amines is 1. The van der Waals surface area contributed by atoms with Crippen molar-refractivity contribution in [2.45, 2.75) is 6.04 Å². The lowest BCUT2D eigenvalue weighted by atomic mass is 10.1. The molecule has 18 heavy (non-hydrogen) atoms. The summed E-state index contributed by atoms with van der Waals surface area (Å²) in [5, 5.41) is 11.1. The van der Waals surface area contributed by atoms with Crippen molar-refractivity contribution < 1.29 is 0 Å². The molecular weight excluding hydrogens is 226 g/mol. The quantitative estimate of drug-likeness (QED) is 0.729. The Labute approximate surface area is 104 Å². The standard InChI is InChI=1S/C13H13N5/c1-14-12(13-16-8-17-18-13)10-6-9-4-2-3-5-11(9)15-7-10/h2-8,12,14H,1H3,(H,16,17,18). The van der Waals surface area contributed by atoms with E-state index in [4.69, 9.17) is 0 Å². The average molecular weight is 239 g/mol. The van der Waals surface area contributed by atoms with Gasteiger partial charge in [-0.25, -0.2) is 4.98 Å². The molecule has 90 valence electrons. The van der Waals surface area contributed by atoms with E-state index < -0.39 is 0 Å². The minimum atomic E-state index is -0.0235. The maximum atomic E-state index is 4.46. The van der Waals surface area contributed by atoms with Crippen molar-refractivity contribution in [3.8, 4) is 0 Å². The molecule has 0 aliphatic heterocycles. The summed E-state index contributed by atoms with van der Waals surface area (Å²) in [6.45, 7) is 0. The number of nitrogens with one attached hydrogen (secondary N) is 2. The number of para-hydroxylation sites is 1. The van der Waals surface area contributed by atoms with Crippen LogP contribution in [-0.2, 0) is 0 Å². The molecule has 0 bridgehead atoms. The summed E-state index contributed by atoms with van der Waals surface area (Å²) in [5.41, 5.74) is 2.06. The number of aromatic nitrogens is 4. The van der Waals surface area contributed by atoms with Gasteiger partial charge in [-0.3, -0.25) is 10.1 Å². The van der Waals surface area contributed by atoms with E-state index in [-0.39, 0.29) is 6.04 Å². The van der Waals surface area contributed by atoms with Gasteiger partial charge < -0.3 is 5.32 Å². The molecule has 1 aromatic carbocycles. The number of nitrogens with zero attached hydrogens (tertiary/aromatic N) is 3. The molecule has 0 aliphatic rings. The third-order valence-corrected chi connectivity index (χ3v) is 2.94. The highest BCUT2D eigenvalue weighted by Crippen LogP contribution is 2.21. The van der Waals surface area contributed by atoms with E-state index in [1.807, 2.05) is 31.4 Å². The zero-order valence-corrected chi connectivity index (χ0v) is 9.96. The number of pyridine rings is 1. The Kier molecular flexibility index (Phi) is 2.74. The molecule has 0 aliphatic carbocycles. The SMILES string of the molecule is CNC(c1cnc2ccccc2c1)c1ncn[nH]1. The van der Waals surface area contributed by atoms with E-state index in [0.717, 1.165) is 22.3 Å². The van der Waals surface area contributed by atoms with Gasteiger partial charge in [0.25, 0.3) is 0 Å². The summed E-state index contributed by atoms with van der Waals surface area (Å²) in [5.74, 6) is 0.787. The molecule has 2 aromatic heterocycles. The second-order valence-corrected chi connectivity index (χ2v) is 4.05. The molecule has 1 atom stereocenters. The van der Waals surface area contributed by atoms with Crippen LogP contribution in [0.1, 0.15) is 17.4 Å². The fourth-order valence-corrected chi connectivity index (χ4v) is 2.06. The van der Waals surface area contributed by atoms with E-state index in [9.17, 15) is 0 Å². The van der Waals surface area contributed by atoms with Gasteiger partial charge in [-0.1, -0.05) is 18.2 Å². The summed E-state index contributed by atoms with van der Waals surface area (Å²) >= 11 is 0. The predicted octanol–water partition coefficient (Wildman–Crippen LogP) is 1.66. The molecular formula is C13H13N5. The van der Waals surface area contributed by atoms with E-state index in [1.165, 1.54) is 6.33 Å². The minimum Gasteiger partial charge on any atom is -0.307 e. The van der Waals surface area contributed by atoms with Crippen LogP contribution < -0.4 is 5.32 Å². The first-order valence-corrected chi connectivity index (χ1v) is 5.75. The Morgan fingerprint density at radius 2 is 2.11 bits per heavy atom. The van der Waals surface area contributed by atoms with Crippen molar-refractivity contribution in [3.05, 3.63) is 54.2 Å². The second kappa shape index (κ2) is 4.54.